The molecule has 0 aliphatic heterocycles. The van der Waals surface area contributed by atoms with Crippen LogP contribution < -0.4 is 0 Å². The van der Waals surface area contributed by atoms with E-state index in [1.165, 1.54) is 23.1 Å². The third kappa shape index (κ3) is 3.63. The maximum Gasteiger partial charge on any atom is 0.0946 e. The van der Waals surface area contributed by atoms with Gasteiger partial charge < -0.3 is 0 Å². The quantitative estimate of drug-likeness (QED) is 0.603. The normalized spacial score (nSPS) is 11.8. The van der Waals surface area contributed by atoms with E-state index in [0.717, 1.165) is 11.4 Å². The third-order valence-corrected chi connectivity index (χ3v) is 2.87. The Morgan fingerprint density at radius 2 is 1.44 bits per heavy atom. The Hall–Kier alpha value is -1.40. The smallest absolute Gasteiger partial charge is 0.0946 e. The fourth-order valence-corrected chi connectivity index (χ4v) is 1.99. The molecule has 2 aromatic heterocycles. The largest absolute Gasteiger partial charge is 0.289 e. The van der Waals surface area contributed by atoms with E-state index in [-0.39, 0.29) is 0 Å². The summed E-state index contributed by atoms with van der Waals surface area (Å²) >= 11 is 2.86. The summed E-state index contributed by atoms with van der Waals surface area (Å²) in [6, 6.07) is 3.87. The van der Waals surface area contributed by atoms with Gasteiger partial charge in [0.05, 0.1) is 24.5 Å². The fourth-order valence-electron chi connectivity index (χ4n) is 1.01. The van der Waals surface area contributed by atoms with Gasteiger partial charge in [0, 0.05) is 23.2 Å². The molecular formula is C10H10N4S2. The van der Waals surface area contributed by atoms with Crippen molar-refractivity contribution >= 4 is 35.5 Å². The Kier molecular flexibility index (Phi) is 4.33. The molecule has 82 valence electrons. The van der Waals surface area contributed by atoms with Gasteiger partial charge in [-0.25, -0.2) is 0 Å². The van der Waals surface area contributed by atoms with Gasteiger partial charge in [-0.05, 0) is 35.2 Å². The molecular weight excluding hydrogens is 240 g/mol. The van der Waals surface area contributed by atoms with Gasteiger partial charge in [0.15, 0.2) is 0 Å². The first kappa shape index (κ1) is 11.1. The molecule has 0 saturated carbocycles. The van der Waals surface area contributed by atoms with Gasteiger partial charge in [-0.2, -0.15) is 8.75 Å². The van der Waals surface area contributed by atoms with Crippen LogP contribution in [0.5, 0.6) is 0 Å². The first-order valence-electron chi connectivity index (χ1n) is 4.75. The lowest BCUT2D eigenvalue weighted by atomic mass is 10.5. The van der Waals surface area contributed by atoms with Crippen molar-refractivity contribution in [1.29, 1.82) is 0 Å². The Bertz CT molecular complexity index is 401. The average molecular weight is 250 g/mol. The second kappa shape index (κ2) is 6.24. The number of rotatable bonds is 5. The van der Waals surface area contributed by atoms with Crippen molar-refractivity contribution in [2.24, 2.45) is 9.98 Å². The van der Waals surface area contributed by atoms with Gasteiger partial charge in [0.1, 0.15) is 0 Å². The first-order valence-corrected chi connectivity index (χ1v) is 6.43. The lowest BCUT2D eigenvalue weighted by molar-refractivity contribution is 0.984. The van der Waals surface area contributed by atoms with E-state index >= 15 is 0 Å². The maximum atomic E-state index is 4.22. The Balaban J connectivity index is 1.69. The van der Waals surface area contributed by atoms with Gasteiger partial charge >= 0.3 is 0 Å². The van der Waals surface area contributed by atoms with Crippen LogP contribution in [0.25, 0.3) is 0 Å². The van der Waals surface area contributed by atoms with Crippen LogP contribution in [0.2, 0.25) is 0 Å². The highest BCUT2D eigenvalue weighted by Crippen LogP contribution is 1.96. The minimum atomic E-state index is 0.679. The fraction of sp³-hybridized carbons (Fsp3) is 0.200. The minimum Gasteiger partial charge on any atom is -0.289 e. The molecule has 0 N–H and O–H groups in total. The summed E-state index contributed by atoms with van der Waals surface area (Å²) in [5, 5.41) is 3.86. The molecule has 0 fully saturated rings. The average Bonchev–Trinajstić information content (AvgIpc) is 2.96. The molecule has 6 heteroatoms. The predicted molar refractivity (Wildman–Crippen MR) is 69.2 cm³/mol. The molecule has 0 atom stereocenters. The molecule has 2 aromatic rings. The van der Waals surface area contributed by atoms with Gasteiger partial charge in [-0.3, -0.25) is 9.98 Å². The number of hydrogen-bond donors (Lipinski definition) is 0. The van der Waals surface area contributed by atoms with E-state index in [1.54, 1.807) is 12.4 Å². The molecule has 0 bridgehead atoms. The van der Waals surface area contributed by atoms with Crippen LogP contribution in [0.3, 0.4) is 0 Å². The van der Waals surface area contributed by atoms with E-state index in [2.05, 4.69) is 18.7 Å². The summed E-state index contributed by atoms with van der Waals surface area (Å²) in [6.07, 6.45) is 3.55. The lowest BCUT2D eigenvalue weighted by Crippen LogP contribution is -1.90. The molecule has 0 aliphatic rings. The molecule has 0 saturated heterocycles. The van der Waals surface area contributed by atoms with Crippen molar-refractivity contribution in [3.63, 3.8) is 0 Å². The van der Waals surface area contributed by atoms with Gasteiger partial charge in [-0.15, -0.1) is 0 Å². The van der Waals surface area contributed by atoms with Crippen LogP contribution in [-0.4, -0.2) is 34.3 Å². The third-order valence-electron chi connectivity index (χ3n) is 1.72. The molecule has 0 aliphatic carbocycles. The van der Waals surface area contributed by atoms with Crippen LogP contribution in [0, 0.1) is 0 Å². The molecule has 0 radical (unpaired) electrons. The summed E-state index contributed by atoms with van der Waals surface area (Å²) < 4.78 is 8.24. The maximum absolute atomic E-state index is 4.22. The second-order valence-corrected chi connectivity index (χ2v) is 4.25. The summed E-state index contributed by atoms with van der Waals surface area (Å²) in [4.78, 5) is 8.44. The van der Waals surface area contributed by atoms with E-state index < -0.39 is 0 Å². The summed E-state index contributed by atoms with van der Waals surface area (Å²) in [5.74, 6) is 0. The van der Waals surface area contributed by atoms with Crippen molar-refractivity contribution in [3.05, 3.63) is 34.3 Å². The lowest BCUT2D eigenvalue weighted by Gasteiger charge is -1.87. The predicted octanol–water partition coefficient (Wildman–Crippen LogP) is 2.14. The SMILES string of the molecule is C(=NCCN=Cc1ccsn1)c1ccsn1. The zero-order valence-corrected chi connectivity index (χ0v) is 10.1. The van der Waals surface area contributed by atoms with Gasteiger partial charge in [0.2, 0.25) is 0 Å². The topological polar surface area (TPSA) is 50.5 Å². The molecule has 0 unspecified atom stereocenters. The Morgan fingerprint density at radius 3 is 1.81 bits per heavy atom. The zero-order chi connectivity index (χ0) is 11.1. The molecule has 0 aromatic carbocycles. The van der Waals surface area contributed by atoms with Crippen molar-refractivity contribution in [2.75, 3.05) is 13.1 Å². The Labute approximate surface area is 102 Å². The highest BCUT2D eigenvalue weighted by Gasteiger charge is 1.88. The number of aliphatic imine (C=N–C) groups is 2. The van der Waals surface area contributed by atoms with Crippen LogP contribution in [0.15, 0.2) is 32.9 Å². The number of aromatic nitrogens is 2. The van der Waals surface area contributed by atoms with Crippen LogP contribution >= 0.6 is 23.1 Å². The minimum absolute atomic E-state index is 0.679. The van der Waals surface area contributed by atoms with Gasteiger partial charge in [0.25, 0.3) is 0 Å². The summed E-state index contributed by atoms with van der Waals surface area (Å²) in [5.41, 5.74) is 1.82. The first-order chi connectivity index (χ1) is 7.95. The monoisotopic (exact) mass is 250 g/mol. The second-order valence-electron chi connectivity index (χ2n) is 2.92. The number of hydrogen-bond acceptors (Lipinski definition) is 6. The molecule has 16 heavy (non-hydrogen) atoms. The van der Waals surface area contributed by atoms with E-state index in [9.17, 15) is 0 Å². The standard InChI is InChI=1S/C10H10N4S2/c1-5-15-13-9(1)7-11-3-4-12-8-10-2-6-16-14-10/h1-2,5-8H,3-4H2. The van der Waals surface area contributed by atoms with Gasteiger partial charge in [-0.1, -0.05) is 0 Å². The molecule has 2 rings (SSSR count). The van der Waals surface area contributed by atoms with Crippen LogP contribution in [0.1, 0.15) is 11.4 Å². The van der Waals surface area contributed by atoms with Crippen molar-refractivity contribution in [1.82, 2.24) is 8.75 Å². The molecule has 4 nitrogen and oxygen atoms in total. The van der Waals surface area contributed by atoms with Crippen molar-refractivity contribution < 1.29 is 0 Å². The van der Waals surface area contributed by atoms with Crippen LogP contribution in [0.4, 0.5) is 0 Å². The molecule has 2 heterocycles. The van der Waals surface area contributed by atoms with E-state index in [4.69, 9.17) is 0 Å². The number of nitrogens with zero attached hydrogens (tertiary/aromatic N) is 4. The zero-order valence-electron chi connectivity index (χ0n) is 8.48. The van der Waals surface area contributed by atoms with Crippen LogP contribution in [-0.2, 0) is 0 Å². The highest BCUT2D eigenvalue weighted by molar-refractivity contribution is 7.03. The molecule has 0 spiro atoms. The van der Waals surface area contributed by atoms with E-state index in [0.29, 0.717) is 13.1 Å². The van der Waals surface area contributed by atoms with Crippen molar-refractivity contribution in [2.45, 2.75) is 0 Å². The van der Waals surface area contributed by atoms with Crippen molar-refractivity contribution in [3.8, 4) is 0 Å². The van der Waals surface area contributed by atoms with E-state index in [1.807, 2.05) is 22.9 Å². The highest BCUT2D eigenvalue weighted by atomic mass is 32.1. The summed E-state index contributed by atoms with van der Waals surface area (Å²) in [6.45, 7) is 1.36. The Morgan fingerprint density at radius 1 is 0.938 bits per heavy atom. The molecule has 0 amide bonds. The summed E-state index contributed by atoms with van der Waals surface area (Å²) in [7, 11) is 0.